The molecule has 0 saturated carbocycles. The first-order valence-corrected chi connectivity index (χ1v) is 8.03. The molecule has 0 spiro atoms. The topological polar surface area (TPSA) is 30.5 Å². The van der Waals surface area contributed by atoms with Crippen molar-refractivity contribution in [3.05, 3.63) is 58.7 Å². The van der Waals surface area contributed by atoms with E-state index in [-0.39, 0.29) is 11.5 Å². The molecule has 1 heterocycles. The predicted molar refractivity (Wildman–Crippen MR) is 93.6 cm³/mol. The fourth-order valence-corrected chi connectivity index (χ4v) is 3.47. The van der Waals surface area contributed by atoms with Crippen molar-refractivity contribution in [3.8, 4) is 11.5 Å². The highest BCUT2D eigenvalue weighted by Crippen LogP contribution is 2.43. The maximum atomic E-state index is 5.53. The summed E-state index contributed by atoms with van der Waals surface area (Å²) in [5.74, 6) is 1.58. The maximum absolute atomic E-state index is 5.53. The van der Waals surface area contributed by atoms with Crippen LogP contribution in [0.3, 0.4) is 0 Å². The van der Waals surface area contributed by atoms with E-state index in [0.717, 1.165) is 18.0 Å². The normalized spacial score (nSPS) is 19.1. The average Bonchev–Trinajstić information content (AvgIpc) is 2.55. The van der Waals surface area contributed by atoms with Gasteiger partial charge in [0.15, 0.2) is 11.5 Å². The molecule has 1 N–H and O–H groups in total. The summed E-state index contributed by atoms with van der Waals surface area (Å²) in [7, 11) is 3.38. The third kappa shape index (κ3) is 2.70. The van der Waals surface area contributed by atoms with Gasteiger partial charge in [-0.25, -0.2) is 0 Å². The Kier molecular flexibility index (Phi) is 4.07. The number of methoxy groups -OCH3 is 2. The molecule has 3 heteroatoms. The van der Waals surface area contributed by atoms with Gasteiger partial charge in [-0.05, 0) is 41.3 Å². The molecule has 1 aliphatic rings. The highest BCUT2D eigenvalue weighted by atomic mass is 16.5. The Bertz CT molecular complexity index is 722. The predicted octanol–water partition coefficient (Wildman–Crippen LogP) is 3.98. The molecule has 1 unspecified atom stereocenters. The van der Waals surface area contributed by atoms with E-state index in [4.69, 9.17) is 9.47 Å². The van der Waals surface area contributed by atoms with Crippen LogP contribution in [0.5, 0.6) is 11.5 Å². The maximum Gasteiger partial charge on any atom is 0.161 e. The van der Waals surface area contributed by atoms with E-state index >= 15 is 0 Å². The lowest BCUT2D eigenvalue weighted by molar-refractivity contribution is 0.346. The lowest BCUT2D eigenvalue weighted by Gasteiger charge is -2.39. The molecule has 3 nitrogen and oxygen atoms in total. The van der Waals surface area contributed by atoms with Gasteiger partial charge in [-0.15, -0.1) is 0 Å². The molecule has 2 aromatic rings. The monoisotopic (exact) mass is 311 g/mol. The molecule has 1 atom stereocenters. The summed E-state index contributed by atoms with van der Waals surface area (Å²) in [5, 5.41) is 3.72. The van der Waals surface area contributed by atoms with Crippen molar-refractivity contribution in [1.82, 2.24) is 5.32 Å². The van der Waals surface area contributed by atoms with Crippen molar-refractivity contribution >= 4 is 0 Å². The van der Waals surface area contributed by atoms with Crippen LogP contribution in [0.15, 0.2) is 36.4 Å². The second-order valence-corrected chi connectivity index (χ2v) is 6.85. The third-order valence-electron chi connectivity index (χ3n) is 4.84. The Labute approximate surface area is 138 Å². The smallest absolute Gasteiger partial charge is 0.161 e. The molecule has 2 aromatic carbocycles. The zero-order valence-corrected chi connectivity index (χ0v) is 14.6. The van der Waals surface area contributed by atoms with Gasteiger partial charge in [0, 0.05) is 12.0 Å². The zero-order chi connectivity index (χ0) is 16.6. The molecule has 0 radical (unpaired) electrons. The number of nitrogens with one attached hydrogen (secondary N) is 1. The van der Waals surface area contributed by atoms with Gasteiger partial charge in [-0.2, -0.15) is 0 Å². The first-order chi connectivity index (χ1) is 11.0. The lowest BCUT2D eigenvalue weighted by atomic mass is 9.75. The van der Waals surface area contributed by atoms with Crippen LogP contribution in [0.2, 0.25) is 0 Å². The summed E-state index contributed by atoms with van der Waals surface area (Å²) in [6, 6.07) is 13.0. The molecule has 3 rings (SSSR count). The molecule has 0 bridgehead atoms. The second kappa shape index (κ2) is 5.89. The van der Waals surface area contributed by atoms with Crippen LogP contribution < -0.4 is 14.8 Å². The summed E-state index contributed by atoms with van der Waals surface area (Å²) in [6.07, 6.45) is 0. The van der Waals surface area contributed by atoms with Gasteiger partial charge in [-0.1, -0.05) is 38.1 Å². The Morgan fingerprint density at radius 2 is 1.65 bits per heavy atom. The van der Waals surface area contributed by atoms with Crippen molar-refractivity contribution in [2.24, 2.45) is 0 Å². The molecular formula is C20H25NO2. The highest BCUT2D eigenvalue weighted by Gasteiger charge is 2.34. The molecule has 122 valence electrons. The molecule has 0 aliphatic carbocycles. The summed E-state index contributed by atoms with van der Waals surface area (Å²) >= 11 is 0. The first-order valence-electron chi connectivity index (χ1n) is 8.03. The molecule has 0 saturated heterocycles. The molecule has 1 aliphatic heterocycles. The largest absolute Gasteiger partial charge is 0.493 e. The van der Waals surface area contributed by atoms with E-state index in [1.165, 1.54) is 22.3 Å². The van der Waals surface area contributed by atoms with Gasteiger partial charge in [0.2, 0.25) is 0 Å². The average molecular weight is 311 g/mol. The molecule has 23 heavy (non-hydrogen) atoms. The van der Waals surface area contributed by atoms with Gasteiger partial charge >= 0.3 is 0 Å². The van der Waals surface area contributed by atoms with Crippen LogP contribution in [-0.2, 0) is 5.41 Å². The van der Waals surface area contributed by atoms with E-state index in [1.54, 1.807) is 14.2 Å². The number of hydrogen-bond donors (Lipinski definition) is 1. The minimum atomic E-state index is 0.0497. The SMILES string of the molecule is COc1cc2c(cc1OC)C(C)(C)CNC2c1ccccc1C. The minimum absolute atomic E-state index is 0.0497. The van der Waals surface area contributed by atoms with E-state index in [2.05, 4.69) is 62.5 Å². The number of aryl methyl sites for hydroxylation is 1. The van der Waals surface area contributed by atoms with E-state index in [1.807, 2.05) is 0 Å². The van der Waals surface area contributed by atoms with Gasteiger partial charge in [-0.3, -0.25) is 0 Å². The van der Waals surface area contributed by atoms with Crippen LogP contribution in [0.1, 0.15) is 42.1 Å². The Morgan fingerprint density at radius 1 is 1.00 bits per heavy atom. The summed E-state index contributed by atoms with van der Waals surface area (Å²) in [4.78, 5) is 0. The number of hydrogen-bond acceptors (Lipinski definition) is 3. The van der Waals surface area contributed by atoms with Crippen LogP contribution >= 0.6 is 0 Å². The van der Waals surface area contributed by atoms with Gasteiger partial charge in [0.1, 0.15) is 0 Å². The number of rotatable bonds is 3. The van der Waals surface area contributed by atoms with Gasteiger partial charge in [0.25, 0.3) is 0 Å². The quantitative estimate of drug-likeness (QED) is 0.930. The molecular weight excluding hydrogens is 286 g/mol. The number of ether oxygens (including phenoxy) is 2. The summed E-state index contributed by atoms with van der Waals surface area (Å²) in [6.45, 7) is 7.61. The Hall–Kier alpha value is -2.00. The van der Waals surface area contributed by atoms with E-state index in [9.17, 15) is 0 Å². The lowest BCUT2D eigenvalue weighted by Crippen LogP contribution is -2.42. The summed E-state index contributed by atoms with van der Waals surface area (Å²) in [5.41, 5.74) is 5.26. The van der Waals surface area contributed by atoms with Crippen LogP contribution in [0.4, 0.5) is 0 Å². The Morgan fingerprint density at radius 3 is 2.30 bits per heavy atom. The fraction of sp³-hybridized carbons (Fsp3) is 0.400. The van der Waals surface area contributed by atoms with Crippen molar-refractivity contribution in [2.75, 3.05) is 20.8 Å². The van der Waals surface area contributed by atoms with Crippen LogP contribution in [0.25, 0.3) is 0 Å². The third-order valence-corrected chi connectivity index (χ3v) is 4.84. The van der Waals surface area contributed by atoms with E-state index < -0.39 is 0 Å². The highest BCUT2D eigenvalue weighted by molar-refractivity contribution is 5.54. The van der Waals surface area contributed by atoms with Crippen molar-refractivity contribution in [2.45, 2.75) is 32.2 Å². The Balaban J connectivity index is 2.20. The molecule has 0 aromatic heterocycles. The molecule has 0 fully saturated rings. The zero-order valence-electron chi connectivity index (χ0n) is 14.6. The van der Waals surface area contributed by atoms with Crippen molar-refractivity contribution in [1.29, 1.82) is 0 Å². The van der Waals surface area contributed by atoms with Gasteiger partial charge < -0.3 is 14.8 Å². The first kappa shape index (κ1) is 15.9. The summed E-state index contributed by atoms with van der Waals surface area (Å²) < 4.78 is 11.0. The standard InChI is InChI=1S/C20H25NO2/c1-13-8-6-7-9-14(13)19-15-10-17(22-4)18(23-5)11-16(15)20(2,3)12-21-19/h6-11,19,21H,12H2,1-5H3. The van der Waals surface area contributed by atoms with E-state index in [0.29, 0.717) is 0 Å². The number of benzene rings is 2. The van der Waals surface area contributed by atoms with Crippen LogP contribution in [-0.4, -0.2) is 20.8 Å². The fourth-order valence-electron chi connectivity index (χ4n) is 3.47. The molecule has 0 amide bonds. The minimum Gasteiger partial charge on any atom is -0.493 e. The van der Waals surface area contributed by atoms with Crippen LogP contribution in [0, 0.1) is 6.92 Å². The van der Waals surface area contributed by atoms with Crippen molar-refractivity contribution < 1.29 is 9.47 Å². The van der Waals surface area contributed by atoms with Gasteiger partial charge in [0.05, 0.1) is 20.3 Å². The van der Waals surface area contributed by atoms with Crippen molar-refractivity contribution in [3.63, 3.8) is 0 Å². The second-order valence-electron chi connectivity index (χ2n) is 6.85. The number of fused-ring (bicyclic) bond motifs is 1.